The standard InChI is InChI=1S/C21H24F3N3O2/c1-13(2)27-7-3-4-14(12-27)11-26-21(28)19-10-16(5-6-25-19)29-20-17(23)8-15(22)9-18(20)24/h5-6,8-10,13-14H,3-4,7,11-12H2,1-2H3,(H,26,28)/t14-/m1/s1. The summed E-state index contributed by atoms with van der Waals surface area (Å²) in [7, 11) is 0. The van der Waals surface area contributed by atoms with E-state index in [0.29, 0.717) is 30.6 Å². The molecule has 0 radical (unpaired) electrons. The van der Waals surface area contributed by atoms with E-state index in [0.717, 1.165) is 25.9 Å². The van der Waals surface area contributed by atoms with Crippen molar-refractivity contribution in [2.45, 2.75) is 32.7 Å². The van der Waals surface area contributed by atoms with Crippen LogP contribution in [0.2, 0.25) is 0 Å². The van der Waals surface area contributed by atoms with Gasteiger partial charge in [-0.25, -0.2) is 13.2 Å². The van der Waals surface area contributed by atoms with Crippen LogP contribution in [0.4, 0.5) is 13.2 Å². The number of ether oxygens (including phenoxy) is 1. The molecule has 1 amide bonds. The van der Waals surface area contributed by atoms with Crippen molar-refractivity contribution in [3.63, 3.8) is 0 Å². The zero-order valence-electron chi connectivity index (χ0n) is 16.4. The third-order valence-corrected chi connectivity index (χ3v) is 4.98. The summed E-state index contributed by atoms with van der Waals surface area (Å²) in [6, 6.07) is 4.17. The third kappa shape index (κ3) is 5.47. The number of nitrogens with zero attached hydrogens (tertiary/aromatic N) is 2. The lowest BCUT2D eigenvalue weighted by molar-refractivity contribution is 0.0917. The van der Waals surface area contributed by atoms with E-state index in [1.807, 2.05) is 0 Å². The van der Waals surface area contributed by atoms with Crippen LogP contribution < -0.4 is 10.1 Å². The van der Waals surface area contributed by atoms with Gasteiger partial charge in [0.1, 0.15) is 17.3 Å². The molecule has 156 valence electrons. The summed E-state index contributed by atoms with van der Waals surface area (Å²) in [4.78, 5) is 18.8. The summed E-state index contributed by atoms with van der Waals surface area (Å²) in [5, 5.41) is 2.87. The van der Waals surface area contributed by atoms with Crippen LogP contribution in [0.25, 0.3) is 0 Å². The third-order valence-electron chi connectivity index (χ3n) is 4.98. The zero-order valence-corrected chi connectivity index (χ0v) is 16.4. The van der Waals surface area contributed by atoms with Crippen LogP contribution in [0.15, 0.2) is 30.5 Å². The van der Waals surface area contributed by atoms with E-state index in [1.165, 1.54) is 18.3 Å². The van der Waals surface area contributed by atoms with E-state index >= 15 is 0 Å². The van der Waals surface area contributed by atoms with Crippen molar-refractivity contribution in [3.05, 3.63) is 53.6 Å². The summed E-state index contributed by atoms with van der Waals surface area (Å²) in [6.07, 6.45) is 3.45. The van der Waals surface area contributed by atoms with E-state index < -0.39 is 29.1 Å². The SMILES string of the molecule is CC(C)N1CCC[C@H](CNC(=O)c2cc(Oc3c(F)cc(F)cc3F)ccn2)C1. The second kappa shape index (κ2) is 9.26. The normalized spacial score (nSPS) is 17.4. The molecule has 29 heavy (non-hydrogen) atoms. The monoisotopic (exact) mass is 407 g/mol. The number of hydrogen-bond acceptors (Lipinski definition) is 4. The molecule has 1 N–H and O–H groups in total. The number of pyridine rings is 1. The molecule has 3 rings (SSSR count). The van der Waals surface area contributed by atoms with Crippen molar-refractivity contribution in [1.82, 2.24) is 15.2 Å². The number of carbonyl (C=O) groups is 1. The summed E-state index contributed by atoms with van der Waals surface area (Å²) >= 11 is 0. The fourth-order valence-corrected chi connectivity index (χ4v) is 3.40. The quantitative estimate of drug-likeness (QED) is 0.782. The van der Waals surface area contributed by atoms with Gasteiger partial charge in [0.05, 0.1) is 0 Å². The van der Waals surface area contributed by atoms with Gasteiger partial charge in [0, 0.05) is 43.5 Å². The number of aromatic nitrogens is 1. The van der Waals surface area contributed by atoms with Crippen LogP contribution in [0.5, 0.6) is 11.5 Å². The molecular formula is C21H24F3N3O2. The minimum atomic E-state index is -1.17. The van der Waals surface area contributed by atoms with Gasteiger partial charge in [0.2, 0.25) is 0 Å². The van der Waals surface area contributed by atoms with Gasteiger partial charge in [0.25, 0.3) is 5.91 Å². The highest BCUT2D eigenvalue weighted by atomic mass is 19.1. The number of rotatable bonds is 6. The second-order valence-corrected chi connectivity index (χ2v) is 7.48. The molecule has 0 aliphatic carbocycles. The summed E-state index contributed by atoms with van der Waals surface area (Å²) < 4.78 is 45.7. The maximum atomic E-state index is 13.8. The molecule has 2 aromatic rings. The fraction of sp³-hybridized carbons (Fsp3) is 0.429. The number of halogens is 3. The van der Waals surface area contributed by atoms with Crippen molar-refractivity contribution < 1.29 is 22.7 Å². The van der Waals surface area contributed by atoms with E-state index in [-0.39, 0.29) is 11.4 Å². The molecular weight excluding hydrogens is 383 g/mol. The van der Waals surface area contributed by atoms with E-state index in [1.54, 1.807) is 0 Å². The number of nitrogens with one attached hydrogen (secondary N) is 1. The second-order valence-electron chi connectivity index (χ2n) is 7.48. The molecule has 0 spiro atoms. The predicted molar refractivity (Wildman–Crippen MR) is 102 cm³/mol. The van der Waals surface area contributed by atoms with Gasteiger partial charge in [-0.1, -0.05) is 0 Å². The molecule has 1 atom stereocenters. The Morgan fingerprint density at radius 3 is 2.69 bits per heavy atom. The Morgan fingerprint density at radius 2 is 2.00 bits per heavy atom. The Bertz CT molecular complexity index is 853. The summed E-state index contributed by atoms with van der Waals surface area (Å²) in [5.74, 6) is -4.12. The number of piperidine rings is 1. The first kappa shape index (κ1) is 21.1. The molecule has 5 nitrogen and oxygen atoms in total. The highest BCUT2D eigenvalue weighted by Crippen LogP contribution is 2.28. The predicted octanol–water partition coefficient (Wildman–Crippen LogP) is 4.14. The molecule has 1 aliphatic heterocycles. The maximum Gasteiger partial charge on any atom is 0.270 e. The molecule has 1 aromatic heterocycles. The maximum absolute atomic E-state index is 13.8. The Morgan fingerprint density at radius 1 is 1.28 bits per heavy atom. The van der Waals surface area contributed by atoms with Crippen molar-refractivity contribution in [2.75, 3.05) is 19.6 Å². The van der Waals surface area contributed by atoms with Crippen molar-refractivity contribution >= 4 is 5.91 Å². The lowest BCUT2D eigenvalue weighted by atomic mass is 9.97. The first-order valence-corrected chi connectivity index (χ1v) is 9.64. The van der Waals surface area contributed by atoms with E-state index in [2.05, 4.69) is 29.0 Å². The van der Waals surface area contributed by atoms with Crippen molar-refractivity contribution in [2.24, 2.45) is 5.92 Å². The van der Waals surface area contributed by atoms with Gasteiger partial charge in [-0.2, -0.15) is 0 Å². The smallest absolute Gasteiger partial charge is 0.270 e. The topological polar surface area (TPSA) is 54.5 Å². The van der Waals surface area contributed by atoms with Crippen LogP contribution in [-0.2, 0) is 0 Å². The van der Waals surface area contributed by atoms with Gasteiger partial charge in [-0.3, -0.25) is 9.78 Å². The number of amides is 1. The molecule has 1 saturated heterocycles. The molecule has 0 bridgehead atoms. The van der Waals surface area contributed by atoms with Crippen LogP contribution in [0, 0.1) is 23.4 Å². The average molecular weight is 407 g/mol. The Balaban J connectivity index is 1.63. The lowest BCUT2D eigenvalue weighted by Gasteiger charge is -2.35. The highest BCUT2D eigenvalue weighted by Gasteiger charge is 2.22. The number of benzene rings is 1. The largest absolute Gasteiger partial charge is 0.451 e. The first-order chi connectivity index (χ1) is 13.8. The van der Waals surface area contributed by atoms with Gasteiger partial charge >= 0.3 is 0 Å². The summed E-state index contributed by atoms with van der Waals surface area (Å²) in [6.45, 7) is 6.83. The van der Waals surface area contributed by atoms with Crippen LogP contribution in [0.1, 0.15) is 37.2 Å². The van der Waals surface area contributed by atoms with Crippen LogP contribution >= 0.6 is 0 Å². The number of carbonyl (C=O) groups excluding carboxylic acids is 1. The lowest BCUT2D eigenvalue weighted by Crippen LogP contribution is -2.43. The average Bonchev–Trinajstić information content (AvgIpc) is 2.69. The minimum Gasteiger partial charge on any atom is -0.451 e. The molecule has 8 heteroatoms. The highest BCUT2D eigenvalue weighted by molar-refractivity contribution is 5.92. The van der Waals surface area contributed by atoms with Gasteiger partial charge in [-0.15, -0.1) is 0 Å². The zero-order chi connectivity index (χ0) is 21.0. The van der Waals surface area contributed by atoms with Crippen molar-refractivity contribution in [3.8, 4) is 11.5 Å². The molecule has 0 saturated carbocycles. The fourth-order valence-electron chi connectivity index (χ4n) is 3.40. The Hall–Kier alpha value is -2.61. The van der Waals surface area contributed by atoms with E-state index in [4.69, 9.17) is 4.74 Å². The Labute approximate surface area is 167 Å². The molecule has 1 fully saturated rings. The van der Waals surface area contributed by atoms with Crippen LogP contribution in [0.3, 0.4) is 0 Å². The van der Waals surface area contributed by atoms with Crippen molar-refractivity contribution in [1.29, 1.82) is 0 Å². The van der Waals surface area contributed by atoms with Gasteiger partial charge in [-0.05, 0) is 45.2 Å². The van der Waals surface area contributed by atoms with Gasteiger partial charge < -0.3 is 15.0 Å². The number of hydrogen-bond donors (Lipinski definition) is 1. The van der Waals surface area contributed by atoms with Gasteiger partial charge in [0.15, 0.2) is 17.4 Å². The first-order valence-electron chi connectivity index (χ1n) is 9.64. The van der Waals surface area contributed by atoms with E-state index in [9.17, 15) is 18.0 Å². The molecule has 1 aromatic carbocycles. The van der Waals surface area contributed by atoms with Crippen LogP contribution in [-0.4, -0.2) is 41.5 Å². The Kier molecular flexibility index (Phi) is 6.74. The summed E-state index contributed by atoms with van der Waals surface area (Å²) in [5.41, 5.74) is 0.0713. The molecule has 2 heterocycles. The minimum absolute atomic E-state index is 0.0261. The number of likely N-dealkylation sites (tertiary alicyclic amines) is 1. The molecule has 1 aliphatic rings. The molecule has 0 unspecified atom stereocenters.